The van der Waals surface area contributed by atoms with E-state index in [-0.39, 0.29) is 6.61 Å². The van der Waals surface area contributed by atoms with Crippen molar-refractivity contribution in [2.45, 2.75) is 26.4 Å². The molecule has 0 aliphatic rings. The maximum Gasteiger partial charge on any atom is 0.232 e. The first-order valence-corrected chi connectivity index (χ1v) is 9.62. The molecule has 3 aromatic rings. The van der Waals surface area contributed by atoms with Gasteiger partial charge in [0.25, 0.3) is 0 Å². The first-order chi connectivity index (χ1) is 13.6. The minimum Gasteiger partial charge on any atom is -0.497 e. The summed E-state index contributed by atoms with van der Waals surface area (Å²) in [5, 5.41) is 0. The second-order valence-electron chi connectivity index (χ2n) is 6.16. The molecule has 0 spiro atoms. The number of halogens is 2. The fourth-order valence-corrected chi connectivity index (χ4v) is 3.74. The number of rotatable bonds is 8. The van der Waals surface area contributed by atoms with Crippen LogP contribution in [0.3, 0.4) is 0 Å². The number of hydrogen-bond acceptors (Lipinski definition) is 5. The Hall–Kier alpha value is -2.67. The smallest absolute Gasteiger partial charge is 0.232 e. The average Bonchev–Trinajstić information content (AvgIpc) is 3.10. The van der Waals surface area contributed by atoms with E-state index in [1.165, 1.54) is 30.8 Å². The third kappa shape index (κ3) is 4.25. The van der Waals surface area contributed by atoms with Crippen molar-refractivity contribution in [2.24, 2.45) is 0 Å². The van der Waals surface area contributed by atoms with Gasteiger partial charge in [0.15, 0.2) is 17.4 Å². The standard InChI is InChI=1S/C21H21F2NO3S/c1-4-5-13-10-17(22)19(18(23)11-13)27-12-16-20(28-24-21(16)26-3)14-6-8-15(25-2)9-7-14/h6-11H,4-5,12H2,1-3H3. The largest absolute Gasteiger partial charge is 0.497 e. The van der Waals surface area contributed by atoms with E-state index >= 15 is 0 Å². The molecule has 0 atom stereocenters. The highest BCUT2D eigenvalue weighted by Crippen LogP contribution is 2.36. The van der Waals surface area contributed by atoms with Gasteiger partial charge in [0.05, 0.1) is 24.7 Å². The van der Waals surface area contributed by atoms with Crippen molar-refractivity contribution in [3.63, 3.8) is 0 Å². The third-order valence-electron chi connectivity index (χ3n) is 4.26. The Morgan fingerprint density at radius 1 is 1.00 bits per heavy atom. The molecule has 0 bridgehead atoms. The van der Waals surface area contributed by atoms with Crippen LogP contribution < -0.4 is 14.2 Å². The zero-order valence-electron chi connectivity index (χ0n) is 15.9. The molecule has 0 N–H and O–H groups in total. The number of aryl methyl sites for hydroxylation is 1. The van der Waals surface area contributed by atoms with Crippen molar-refractivity contribution < 1.29 is 23.0 Å². The monoisotopic (exact) mass is 405 g/mol. The summed E-state index contributed by atoms with van der Waals surface area (Å²) in [7, 11) is 3.09. The molecule has 0 amide bonds. The van der Waals surface area contributed by atoms with E-state index in [2.05, 4.69) is 4.37 Å². The van der Waals surface area contributed by atoms with Gasteiger partial charge in [-0.05, 0) is 65.5 Å². The first-order valence-electron chi connectivity index (χ1n) is 8.85. The zero-order valence-corrected chi connectivity index (χ0v) is 16.7. The third-order valence-corrected chi connectivity index (χ3v) is 5.18. The molecular formula is C21H21F2NO3S. The van der Waals surface area contributed by atoms with Gasteiger partial charge in [-0.25, -0.2) is 8.78 Å². The van der Waals surface area contributed by atoms with Crippen LogP contribution >= 0.6 is 11.5 Å². The van der Waals surface area contributed by atoms with Crippen LogP contribution in [0.25, 0.3) is 10.4 Å². The molecule has 0 saturated carbocycles. The van der Waals surface area contributed by atoms with Gasteiger partial charge in [-0.3, -0.25) is 0 Å². The lowest BCUT2D eigenvalue weighted by atomic mass is 10.1. The Kier molecular flexibility index (Phi) is 6.46. The van der Waals surface area contributed by atoms with Crippen LogP contribution in [0.1, 0.15) is 24.5 Å². The summed E-state index contributed by atoms with van der Waals surface area (Å²) >= 11 is 1.24. The van der Waals surface area contributed by atoms with Crippen molar-refractivity contribution >= 4 is 11.5 Å². The van der Waals surface area contributed by atoms with E-state index < -0.39 is 17.4 Å². The zero-order chi connectivity index (χ0) is 20.1. The second kappa shape index (κ2) is 9.01. The van der Waals surface area contributed by atoms with E-state index in [4.69, 9.17) is 14.2 Å². The van der Waals surface area contributed by atoms with Gasteiger partial charge in [-0.15, -0.1) is 0 Å². The molecule has 0 aliphatic heterocycles. The van der Waals surface area contributed by atoms with Crippen LogP contribution in [0.4, 0.5) is 8.78 Å². The fourth-order valence-electron chi connectivity index (χ4n) is 2.88. The molecule has 28 heavy (non-hydrogen) atoms. The first kappa shape index (κ1) is 20.1. The van der Waals surface area contributed by atoms with E-state index in [1.807, 2.05) is 31.2 Å². The summed E-state index contributed by atoms with van der Waals surface area (Å²) in [4.78, 5) is 0.808. The minimum absolute atomic E-state index is 0.0675. The summed E-state index contributed by atoms with van der Waals surface area (Å²) in [6, 6.07) is 10.1. The van der Waals surface area contributed by atoms with Gasteiger partial charge in [0.2, 0.25) is 5.88 Å². The Labute approximate surface area is 166 Å². The lowest BCUT2D eigenvalue weighted by Crippen LogP contribution is -2.03. The number of aromatic nitrogens is 1. The molecule has 0 saturated heterocycles. The number of ether oxygens (including phenoxy) is 3. The van der Waals surface area contributed by atoms with E-state index in [1.54, 1.807) is 7.11 Å². The van der Waals surface area contributed by atoms with Gasteiger partial charge in [0.1, 0.15) is 12.4 Å². The van der Waals surface area contributed by atoms with Crippen LogP contribution in [-0.4, -0.2) is 18.6 Å². The quantitative estimate of drug-likeness (QED) is 0.486. The fraction of sp³-hybridized carbons (Fsp3) is 0.286. The molecule has 0 radical (unpaired) electrons. The Balaban J connectivity index is 1.87. The van der Waals surface area contributed by atoms with Gasteiger partial charge in [-0.2, -0.15) is 4.37 Å². The molecule has 1 aromatic heterocycles. The summed E-state index contributed by atoms with van der Waals surface area (Å²) in [5.41, 5.74) is 2.13. The summed E-state index contributed by atoms with van der Waals surface area (Å²) in [6.45, 7) is 1.89. The molecular weight excluding hydrogens is 384 g/mol. The lowest BCUT2D eigenvalue weighted by molar-refractivity contribution is 0.267. The van der Waals surface area contributed by atoms with Crippen LogP contribution in [0.5, 0.6) is 17.4 Å². The predicted molar refractivity (Wildman–Crippen MR) is 105 cm³/mol. The van der Waals surface area contributed by atoms with Crippen LogP contribution in [-0.2, 0) is 13.0 Å². The SMILES string of the molecule is CCCc1cc(F)c(OCc2c(OC)nsc2-c2ccc(OC)cc2)c(F)c1. The van der Waals surface area contributed by atoms with Gasteiger partial charge >= 0.3 is 0 Å². The highest BCUT2D eigenvalue weighted by molar-refractivity contribution is 7.10. The maximum absolute atomic E-state index is 14.3. The minimum atomic E-state index is -0.711. The van der Waals surface area contributed by atoms with Crippen LogP contribution in [0.15, 0.2) is 36.4 Å². The normalized spacial score (nSPS) is 10.8. The Bertz CT molecular complexity index is 918. The highest BCUT2D eigenvalue weighted by atomic mass is 32.1. The van der Waals surface area contributed by atoms with Crippen LogP contribution in [0, 0.1) is 11.6 Å². The molecule has 2 aromatic carbocycles. The van der Waals surface area contributed by atoms with Crippen molar-refractivity contribution in [2.75, 3.05) is 14.2 Å². The summed E-state index contributed by atoms with van der Waals surface area (Å²) in [5.74, 6) is -0.712. The maximum atomic E-state index is 14.3. The molecule has 0 unspecified atom stereocenters. The lowest BCUT2D eigenvalue weighted by Gasteiger charge is -2.11. The van der Waals surface area contributed by atoms with Crippen molar-refractivity contribution in [1.82, 2.24) is 4.37 Å². The van der Waals surface area contributed by atoms with Gasteiger partial charge in [-0.1, -0.05) is 13.3 Å². The molecule has 3 rings (SSSR count). The van der Waals surface area contributed by atoms with Crippen molar-refractivity contribution in [3.05, 3.63) is 59.2 Å². The molecule has 148 valence electrons. The predicted octanol–water partition coefficient (Wildman–Crippen LogP) is 5.64. The molecule has 4 nitrogen and oxygen atoms in total. The number of hydrogen-bond donors (Lipinski definition) is 0. The summed E-state index contributed by atoms with van der Waals surface area (Å²) < 4.78 is 48.9. The van der Waals surface area contributed by atoms with Crippen molar-refractivity contribution in [3.8, 4) is 27.8 Å². The molecule has 0 aliphatic carbocycles. The topological polar surface area (TPSA) is 40.6 Å². The Morgan fingerprint density at radius 2 is 1.68 bits per heavy atom. The average molecular weight is 405 g/mol. The van der Waals surface area contributed by atoms with Gasteiger partial charge in [0, 0.05) is 0 Å². The Morgan fingerprint density at radius 3 is 2.25 bits per heavy atom. The molecule has 0 fully saturated rings. The molecule has 1 heterocycles. The van der Waals surface area contributed by atoms with E-state index in [0.29, 0.717) is 23.4 Å². The van der Waals surface area contributed by atoms with Crippen LogP contribution in [0.2, 0.25) is 0 Å². The number of methoxy groups -OCH3 is 2. The summed E-state index contributed by atoms with van der Waals surface area (Å²) in [6.07, 6.45) is 1.42. The second-order valence-corrected chi connectivity index (χ2v) is 6.93. The number of benzene rings is 2. The van der Waals surface area contributed by atoms with Gasteiger partial charge < -0.3 is 14.2 Å². The van der Waals surface area contributed by atoms with E-state index in [9.17, 15) is 8.78 Å². The highest BCUT2D eigenvalue weighted by Gasteiger charge is 2.19. The van der Waals surface area contributed by atoms with Crippen molar-refractivity contribution in [1.29, 1.82) is 0 Å². The molecule has 7 heteroatoms. The van der Waals surface area contributed by atoms with E-state index in [0.717, 1.165) is 22.6 Å². The number of nitrogens with zero attached hydrogens (tertiary/aromatic N) is 1.